The normalized spacial score (nSPS) is 15.6. The van der Waals surface area contributed by atoms with E-state index in [1.165, 1.54) is 0 Å². The van der Waals surface area contributed by atoms with Crippen LogP contribution in [0.3, 0.4) is 0 Å². The Kier molecular flexibility index (Phi) is 5.65. The molecule has 0 aromatic carbocycles. The van der Waals surface area contributed by atoms with E-state index in [4.69, 9.17) is 4.74 Å². The molecule has 2 atom stereocenters. The van der Waals surface area contributed by atoms with Crippen molar-refractivity contribution in [3.63, 3.8) is 0 Å². The van der Waals surface area contributed by atoms with Gasteiger partial charge < -0.3 is 15.4 Å². The lowest BCUT2D eigenvalue weighted by molar-refractivity contribution is 0.0498. The molecule has 0 spiro atoms. The summed E-state index contributed by atoms with van der Waals surface area (Å²) in [6, 6.07) is 0.340. The van der Waals surface area contributed by atoms with Gasteiger partial charge in [-0.15, -0.1) is 0 Å². The Hall–Kier alpha value is -0.770. The van der Waals surface area contributed by atoms with Gasteiger partial charge in [0.15, 0.2) is 0 Å². The zero-order valence-corrected chi connectivity index (χ0v) is 10.7. The molecule has 0 heterocycles. The second-order valence-electron chi connectivity index (χ2n) is 4.74. The summed E-state index contributed by atoms with van der Waals surface area (Å²) in [5.74, 6) is 0. The van der Waals surface area contributed by atoms with Gasteiger partial charge in [-0.25, -0.2) is 4.79 Å². The molecule has 0 fully saturated rings. The number of ether oxygens (including phenoxy) is 1. The molecule has 0 aromatic heterocycles. The number of rotatable bonds is 4. The van der Waals surface area contributed by atoms with Crippen molar-refractivity contribution in [2.45, 2.75) is 58.7 Å². The summed E-state index contributed by atoms with van der Waals surface area (Å²) in [4.78, 5) is 11.4. The highest BCUT2D eigenvalue weighted by molar-refractivity contribution is 5.68. The van der Waals surface area contributed by atoms with Gasteiger partial charge in [-0.2, -0.15) is 0 Å². The van der Waals surface area contributed by atoms with E-state index in [1.807, 2.05) is 34.7 Å². The minimum absolute atomic E-state index is 0.0647. The van der Waals surface area contributed by atoms with Gasteiger partial charge >= 0.3 is 6.09 Å². The van der Waals surface area contributed by atoms with Crippen molar-refractivity contribution >= 4 is 6.09 Å². The predicted octanol–water partition coefficient (Wildman–Crippen LogP) is 1.90. The highest BCUT2D eigenvalue weighted by Gasteiger charge is 2.20. The lowest BCUT2D eigenvalue weighted by Crippen LogP contribution is -2.48. The summed E-state index contributed by atoms with van der Waals surface area (Å²) < 4.78 is 5.17. The van der Waals surface area contributed by atoms with Gasteiger partial charge in [0, 0.05) is 12.1 Å². The molecule has 0 aliphatic heterocycles. The summed E-state index contributed by atoms with van der Waals surface area (Å²) in [6.45, 7) is 9.61. The average Bonchev–Trinajstić information content (AvgIpc) is 2.02. The maximum atomic E-state index is 11.4. The van der Waals surface area contributed by atoms with Crippen LogP contribution < -0.4 is 10.6 Å². The van der Waals surface area contributed by atoms with Crippen molar-refractivity contribution in [1.82, 2.24) is 10.6 Å². The van der Waals surface area contributed by atoms with Crippen molar-refractivity contribution < 1.29 is 9.53 Å². The van der Waals surface area contributed by atoms with E-state index >= 15 is 0 Å². The Balaban J connectivity index is 4.06. The first-order valence-corrected chi connectivity index (χ1v) is 5.47. The molecule has 0 bridgehead atoms. The Morgan fingerprint density at radius 2 is 1.93 bits per heavy atom. The Bertz CT molecular complexity index is 195. The molecule has 0 aliphatic rings. The molecule has 0 rings (SSSR count). The second-order valence-corrected chi connectivity index (χ2v) is 4.74. The molecule has 2 N–H and O–H groups in total. The molecule has 4 heteroatoms. The first kappa shape index (κ1) is 14.2. The van der Waals surface area contributed by atoms with Crippen molar-refractivity contribution in [3.05, 3.63) is 0 Å². The van der Waals surface area contributed by atoms with Gasteiger partial charge in [-0.3, -0.25) is 0 Å². The summed E-state index contributed by atoms with van der Waals surface area (Å²) >= 11 is 0. The molecular weight excluding hydrogens is 192 g/mol. The number of carbonyl (C=O) groups excluding carboxylic acids is 1. The highest BCUT2D eigenvalue weighted by Crippen LogP contribution is 2.07. The molecule has 4 nitrogen and oxygen atoms in total. The van der Waals surface area contributed by atoms with Crippen molar-refractivity contribution in [3.8, 4) is 0 Å². The lowest BCUT2D eigenvalue weighted by Gasteiger charge is -2.26. The molecule has 0 radical (unpaired) electrons. The fourth-order valence-corrected chi connectivity index (χ4v) is 1.40. The van der Waals surface area contributed by atoms with Crippen LogP contribution in [0.5, 0.6) is 0 Å². The fraction of sp³-hybridized carbons (Fsp3) is 0.909. The van der Waals surface area contributed by atoms with Crippen LogP contribution in [0.1, 0.15) is 41.0 Å². The topological polar surface area (TPSA) is 50.4 Å². The van der Waals surface area contributed by atoms with Crippen LogP contribution in [-0.2, 0) is 4.74 Å². The molecule has 0 unspecified atom stereocenters. The minimum Gasteiger partial charge on any atom is -0.444 e. The van der Waals surface area contributed by atoms with Crippen LogP contribution in [0.4, 0.5) is 4.79 Å². The average molecular weight is 216 g/mol. The van der Waals surface area contributed by atoms with Crippen LogP contribution in [0.25, 0.3) is 0 Å². The molecule has 0 aromatic rings. The Morgan fingerprint density at radius 3 is 2.27 bits per heavy atom. The van der Waals surface area contributed by atoms with E-state index in [1.54, 1.807) is 0 Å². The number of carbonyl (C=O) groups is 1. The smallest absolute Gasteiger partial charge is 0.407 e. The third-order valence-corrected chi connectivity index (χ3v) is 2.16. The first-order chi connectivity index (χ1) is 6.80. The zero-order valence-electron chi connectivity index (χ0n) is 10.7. The van der Waals surface area contributed by atoms with Gasteiger partial charge in [0.25, 0.3) is 0 Å². The van der Waals surface area contributed by atoms with Gasteiger partial charge in [0.2, 0.25) is 0 Å². The second kappa shape index (κ2) is 5.95. The number of nitrogens with one attached hydrogen (secondary N) is 2. The standard InChI is InChI=1S/C11H24N2O2/c1-7-9(12-6)8(2)13-10(14)15-11(3,4)5/h8-9,12H,7H2,1-6H3,(H,13,14)/t8-,9+/m0/s1. The minimum atomic E-state index is -0.439. The first-order valence-electron chi connectivity index (χ1n) is 5.47. The van der Waals surface area contributed by atoms with E-state index in [0.29, 0.717) is 0 Å². The number of alkyl carbamates (subject to hydrolysis) is 1. The van der Waals surface area contributed by atoms with Crippen LogP contribution in [-0.4, -0.2) is 30.8 Å². The van der Waals surface area contributed by atoms with E-state index in [9.17, 15) is 4.79 Å². The predicted molar refractivity (Wildman–Crippen MR) is 62.0 cm³/mol. The SMILES string of the molecule is CC[C@@H](NC)[C@H](C)NC(=O)OC(C)(C)C. The molecule has 1 amide bonds. The van der Waals surface area contributed by atoms with Crippen LogP contribution in [0, 0.1) is 0 Å². The summed E-state index contributed by atoms with van der Waals surface area (Å²) in [7, 11) is 1.89. The molecule has 15 heavy (non-hydrogen) atoms. The third-order valence-electron chi connectivity index (χ3n) is 2.16. The van der Waals surface area contributed by atoms with E-state index < -0.39 is 5.60 Å². The van der Waals surface area contributed by atoms with E-state index in [2.05, 4.69) is 17.6 Å². The lowest BCUT2D eigenvalue weighted by atomic mass is 10.1. The molecular formula is C11H24N2O2. The number of hydrogen-bond donors (Lipinski definition) is 2. The Labute approximate surface area is 92.8 Å². The largest absolute Gasteiger partial charge is 0.444 e. The summed E-state index contributed by atoms with van der Waals surface area (Å²) in [5.41, 5.74) is -0.439. The zero-order chi connectivity index (χ0) is 12.1. The maximum absolute atomic E-state index is 11.4. The number of amides is 1. The van der Waals surface area contributed by atoms with E-state index in [-0.39, 0.29) is 18.2 Å². The van der Waals surface area contributed by atoms with E-state index in [0.717, 1.165) is 6.42 Å². The van der Waals surface area contributed by atoms with Crippen LogP contribution in [0.2, 0.25) is 0 Å². The summed E-state index contributed by atoms with van der Waals surface area (Å²) in [6.07, 6.45) is 0.608. The third kappa shape index (κ3) is 6.33. The number of likely N-dealkylation sites (N-methyl/N-ethyl adjacent to an activating group) is 1. The molecule has 0 saturated heterocycles. The molecule has 0 aliphatic carbocycles. The van der Waals surface area contributed by atoms with Crippen molar-refractivity contribution in [1.29, 1.82) is 0 Å². The van der Waals surface area contributed by atoms with Gasteiger partial charge in [0.05, 0.1) is 0 Å². The summed E-state index contributed by atoms with van der Waals surface area (Å²) in [5, 5.41) is 5.96. The van der Waals surface area contributed by atoms with Gasteiger partial charge in [0.1, 0.15) is 5.60 Å². The fourth-order valence-electron chi connectivity index (χ4n) is 1.40. The van der Waals surface area contributed by atoms with Gasteiger partial charge in [-0.1, -0.05) is 6.92 Å². The van der Waals surface area contributed by atoms with Gasteiger partial charge in [-0.05, 0) is 41.2 Å². The van der Waals surface area contributed by atoms with Crippen molar-refractivity contribution in [2.24, 2.45) is 0 Å². The highest BCUT2D eigenvalue weighted by atomic mass is 16.6. The van der Waals surface area contributed by atoms with Crippen LogP contribution in [0.15, 0.2) is 0 Å². The number of hydrogen-bond acceptors (Lipinski definition) is 3. The Morgan fingerprint density at radius 1 is 1.40 bits per heavy atom. The molecule has 90 valence electrons. The monoisotopic (exact) mass is 216 g/mol. The quantitative estimate of drug-likeness (QED) is 0.754. The van der Waals surface area contributed by atoms with Crippen molar-refractivity contribution in [2.75, 3.05) is 7.05 Å². The maximum Gasteiger partial charge on any atom is 0.407 e. The molecule has 0 saturated carbocycles. The van der Waals surface area contributed by atoms with Crippen LogP contribution >= 0.6 is 0 Å².